The highest BCUT2D eigenvalue weighted by molar-refractivity contribution is 5.95. The van der Waals surface area contributed by atoms with Gasteiger partial charge in [-0.25, -0.2) is 9.78 Å². The number of anilines is 1. The Morgan fingerprint density at radius 1 is 1.10 bits per heavy atom. The van der Waals surface area contributed by atoms with E-state index in [0.717, 1.165) is 6.07 Å². The summed E-state index contributed by atoms with van der Waals surface area (Å²) in [5, 5.41) is 9.05. The van der Waals surface area contributed by atoms with Gasteiger partial charge >= 0.3 is 12.1 Å². The third-order valence-electron chi connectivity index (χ3n) is 2.64. The fourth-order valence-electron chi connectivity index (χ4n) is 1.82. The maximum Gasteiger partial charge on any atom is 0.417 e. The van der Waals surface area contributed by atoms with Gasteiger partial charge < -0.3 is 10.8 Å². The van der Waals surface area contributed by atoms with Gasteiger partial charge in [0.1, 0.15) is 5.82 Å². The topological polar surface area (TPSA) is 76.2 Å². The zero-order chi connectivity index (χ0) is 14.9. The van der Waals surface area contributed by atoms with Gasteiger partial charge in [0.15, 0.2) is 5.69 Å². The van der Waals surface area contributed by atoms with Crippen molar-refractivity contribution in [1.29, 1.82) is 0 Å². The quantitative estimate of drug-likeness (QED) is 0.887. The number of nitrogens with two attached hydrogens (primary N) is 1. The predicted molar refractivity (Wildman–Crippen MR) is 66.0 cm³/mol. The van der Waals surface area contributed by atoms with Gasteiger partial charge in [0, 0.05) is 5.56 Å². The SMILES string of the molecule is Nc1ccc(-c2ccccc2C(F)(F)F)c(C(=O)O)n1. The monoisotopic (exact) mass is 282 g/mol. The lowest BCUT2D eigenvalue weighted by molar-refractivity contribution is -0.137. The van der Waals surface area contributed by atoms with Crippen molar-refractivity contribution in [2.75, 3.05) is 5.73 Å². The van der Waals surface area contributed by atoms with E-state index in [9.17, 15) is 18.0 Å². The normalized spacial score (nSPS) is 11.3. The molecule has 0 radical (unpaired) electrons. The highest BCUT2D eigenvalue weighted by Gasteiger charge is 2.34. The average Bonchev–Trinajstić information content (AvgIpc) is 2.37. The Balaban J connectivity index is 2.73. The van der Waals surface area contributed by atoms with Crippen molar-refractivity contribution in [1.82, 2.24) is 4.98 Å². The molecule has 4 nitrogen and oxygen atoms in total. The summed E-state index contributed by atoms with van der Waals surface area (Å²) in [6.07, 6.45) is -4.59. The first-order chi connectivity index (χ1) is 9.30. The van der Waals surface area contributed by atoms with E-state index in [-0.39, 0.29) is 16.9 Å². The highest BCUT2D eigenvalue weighted by Crippen LogP contribution is 2.37. The second kappa shape index (κ2) is 4.84. The molecule has 1 aromatic carbocycles. The van der Waals surface area contributed by atoms with Gasteiger partial charge in [0.05, 0.1) is 5.56 Å². The van der Waals surface area contributed by atoms with Crippen LogP contribution in [-0.4, -0.2) is 16.1 Å². The standard InChI is InChI=1S/C13H9F3N2O2/c14-13(15,16)9-4-2-1-3-7(9)8-5-6-10(17)18-11(8)12(19)20/h1-6H,(H2,17,18)(H,19,20). The van der Waals surface area contributed by atoms with E-state index in [1.165, 1.54) is 30.3 Å². The Labute approximate surface area is 111 Å². The number of nitrogens with zero attached hydrogens (tertiary/aromatic N) is 1. The van der Waals surface area contributed by atoms with Gasteiger partial charge in [-0.05, 0) is 23.8 Å². The lowest BCUT2D eigenvalue weighted by atomic mass is 9.98. The van der Waals surface area contributed by atoms with Gasteiger partial charge in [0.25, 0.3) is 0 Å². The summed E-state index contributed by atoms with van der Waals surface area (Å²) in [6.45, 7) is 0. The number of benzene rings is 1. The van der Waals surface area contributed by atoms with Crippen LogP contribution in [0.1, 0.15) is 16.1 Å². The van der Waals surface area contributed by atoms with E-state index >= 15 is 0 Å². The molecule has 0 unspecified atom stereocenters. The minimum Gasteiger partial charge on any atom is -0.476 e. The van der Waals surface area contributed by atoms with Crippen LogP contribution in [0.5, 0.6) is 0 Å². The van der Waals surface area contributed by atoms with Crippen molar-refractivity contribution in [2.45, 2.75) is 6.18 Å². The lowest BCUT2D eigenvalue weighted by Crippen LogP contribution is -2.10. The number of halogens is 3. The minimum atomic E-state index is -4.59. The van der Waals surface area contributed by atoms with Crippen molar-refractivity contribution in [3.8, 4) is 11.1 Å². The number of alkyl halides is 3. The number of aromatic nitrogens is 1. The van der Waals surface area contributed by atoms with Crippen molar-refractivity contribution in [3.05, 3.63) is 47.7 Å². The van der Waals surface area contributed by atoms with Crippen LogP contribution < -0.4 is 5.73 Å². The van der Waals surface area contributed by atoms with E-state index in [4.69, 9.17) is 10.8 Å². The van der Waals surface area contributed by atoms with Crippen molar-refractivity contribution < 1.29 is 23.1 Å². The highest BCUT2D eigenvalue weighted by atomic mass is 19.4. The van der Waals surface area contributed by atoms with Crippen LogP contribution in [0, 0.1) is 0 Å². The summed E-state index contributed by atoms with van der Waals surface area (Å²) in [4.78, 5) is 14.7. The summed E-state index contributed by atoms with van der Waals surface area (Å²) in [7, 11) is 0. The van der Waals surface area contributed by atoms with Gasteiger partial charge in [0.2, 0.25) is 0 Å². The van der Waals surface area contributed by atoms with Gasteiger partial charge in [-0.1, -0.05) is 18.2 Å². The zero-order valence-electron chi connectivity index (χ0n) is 9.98. The number of carboxylic acids is 1. The number of carbonyl (C=O) groups is 1. The zero-order valence-corrected chi connectivity index (χ0v) is 9.98. The van der Waals surface area contributed by atoms with Crippen molar-refractivity contribution in [2.24, 2.45) is 0 Å². The summed E-state index contributed by atoms with van der Waals surface area (Å²) >= 11 is 0. The van der Waals surface area contributed by atoms with Gasteiger partial charge in [-0.3, -0.25) is 0 Å². The van der Waals surface area contributed by atoms with Crippen LogP contribution in [0.25, 0.3) is 11.1 Å². The molecule has 0 fully saturated rings. The van der Waals surface area contributed by atoms with Crippen LogP contribution in [0.2, 0.25) is 0 Å². The van der Waals surface area contributed by atoms with Crippen LogP contribution in [0.15, 0.2) is 36.4 Å². The molecule has 0 saturated carbocycles. The Kier molecular flexibility index (Phi) is 3.35. The molecule has 2 rings (SSSR count). The maximum absolute atomic E-state index is 13.0. The smallest absolute Gasteiger partial charge is 0.417 e. The molecular formula is C13H9F3N2O2. The Morgan fingerprint density at radius 2 is 1.75 bits per heavy atom. The molecule has 7 heteroatoms. The first kappa shape index (κ1) is 13.9. The van der Waals surface area contributed by atoms with Crippen molar-refractivity contribution >= 4 is 11.8 Å². The number of nitrogen functional groups attached to an aromatic ring is 1. The first-order valence-electron chi connectivity index (χ1n) is 5.47. The van der Waals surface area contributed by atoms with Crippen LogP contribution >= 0.6 is 0 Å². The predicted octanol–water partition coefficient (Wildman–Crippen LogP) is 3.05. The largest absolute Gasteiger partial charge is 0.476 e. The van der Waals surface area contributed by atoms with Gasteiger partial charge in [-0.15, -0.1) is 0 Å². The number of aromatic carboxylic acids is 1. The molecule has 20 heavy (non-hydrogen) atoms. The second-order valence-corrected chi connectivity index (χ2v) is 3.98. The minimum absolute atomic E-state index is 0.0735. The molecule has 104 valence electrons. The van der Waals surface area contributed by atoms with E-state index in [0.29, 0.717) is 0 Å². The van der Waals surface area contributed by atoms with Crippen LogP contribution in [0.3, 0.4) is 0 Å². The summed E-state index contributed by atoms with van der Waals surface area (Å²) < 4.78 is 38.9. The van der Waals surface area contributed by atoms with E-state index in [1.807, 2.05) is 0 Å². The van der Waals surface area contributed by atoms with E-state index < -0.39 is 23.4 Å². The number of pyridine rings is 1. The number of carboxylic acid groups (broad SMARTS) is 1. The number of hydrogen-bond donors (Lipinski definition) is 2. The summed E-state index contributed by atoms with van der Waals surface area (Å²) in [5.41, 5.74) is 3.57. The van der Waals surface area contributed by atoms with Crippen LogP contribution in [-0.2, 0) is 6.18 Å². The third kappa shape index (κ3) is 2.56. The molecule has 0 aliphatic carbocycles. The third-order valence-corrected chi connectivity index (χ3v) is 2.64. The molecule has 3 N–H and O–H groups in total. The molecule has 0 spiro atoms. The molecule has 0 saturated heterocycles. The molecule has 0 amide bonds. The molecule has 1 aromatic heterocycles. The fourth-order valence-corrected chi connectivity index (χ4v) is 1.82. The molecule has 2 aromatic rings. The Morgan fingerprint density at radius 3 is 2.35 bits per heavy atom. The fraction of sp³-hybridized carbons (Fsp3) is 0.0769. The average molecular weight is 282 g/mol. The molecular weight excluding hydrogens is 273 g/mol. The second-order valence-electron chi connectivity index (χ2n) is 3.98. The molecule has 1 heterocycles. The number of rotatable bonds is 2. The molecule has 0 aliphatic heterocycles. The number of hydrogen-bond acceptors (Lipinski definition) is 3. The van der Waals surface area contributed by atoms with Crippen molar-refractivity contribution in [3.63, 3.8) is 0 Å². The first-order valence-corrected chi connectivity index (χ1v) is 5.47. The molecule has 0 bridgehead atoms. The summed E-state index contributed by atoms with van der Waals surface area (Å²) in [6, 6.07) is 7.19. The molecule has 0 aliphatic rings. The Hall–Kier alpha value is -2.57. The molecule has 0 atom stereocenters. The lowest BCUT2D eigenvalue weighted by Gasteiger charge is -2.14. The van der Waals surface area contributed by atoms with Crippen LogP contribution in [0.4, 0.5) is 19.0 Å². The maximum atomic E-state index is 13.0. The summed E-state index contributed by atoms with van der Waals surface area (Å²) in [5.74, 6) is -1.51. The van der Waals surface area contributed by atoms with E-state index in [2.05, 4.69) is 4.98 Å². The van der Waals surface area contributed by atoms with E-state index in [1.54, 1.807) is 0 Å². The Bertz CT molecular complexity index is 669. The van der Waals surface area contributed by atoms with Gasteiger partial charge in [-0.2, -0.15) is 13.2 Å².